The van der Waals surface area contributed by atoms with Gasteiger partial charge in [-0.2, -0.15) is 0 Å². The Morgan fingerprint density at radius 2 is 1.13 bits per heavy atom. The molecule has 1 aliphatic rings. The molecule has 1 saturated carbocycles. The number of esters is 2. The minimum atomic E-state index is -1.08. The molecule has 0 spiro atoms. The van der Waals surface area contributed by atoms with Gasteiger partial charge in [-0.15, -0.1) is 0 Å². The molecule has 1 rings (SSSR count). The highest BCUT2D eigenvalue weighted by atomic mass is 16.6. The summed E-state index contributed by atoms with van der Waals surface area (Å²) in [5.41, 5.74) is 0. The number of rotatable bonds is 30. The number of hydrogen-bond acceptors (Lipinski definition) is 9. The number of ether oxygens (including phenoxy) is 2. The first-order chi connectivity index (χ1) is 22.7. The van der Waals surface area contributed by atoms with E-state index in [2.05, 4.69) is 13.8 Å². The molecule has 9 heteroatoms. The quantitative estimate of drug-likeness (QED) is 0.0364. The van der Waals surface area contributed by atoms with Gasteiger partial charge in [-0.3, -0.25) is 14.4 Å². The van der Waals surface area contributed by atoms with Gasteiger partial charge in [0.05, 0.1) is 18.3 Å². The normalized spacial score (nSPS) is 20.8. The van der Waals surface area contributed by atoms with Gasteiger partial charge in [-0.05, 0) is 25.7 Å². The summed E-state index contributed by atoms with van der Waals surface area (Å²) in [6.07, 6.45) is 20.4. The second kappa shape index (κ2) is 28.1. The topological polar surface area (TPSA) is 151 Å². The van der Waals surface area contributed by atoms with Crippen LogP contribution in [0.15, 0.2) is 12.2 Å². The van der Waals surface area contributed by atoms with Crippen molar-refractivity contribution < 1.29 is 44.3 Å². The fourth-order valence-electron chi connectivity index (χ4n) is 6.26. The van der Waals surface area contributed by atoms with Crippen molar-refractivity contribution in [2.45, 2.75) is 186 Å². The Bertz CT molecular complexity index is 845. The number of ketones is 1. The summed E-state index contributed by atoms with van der Waals surface area (Å²) in [4.78, 5) is 36.6. The maximum absolute atomic E-state index is 12.6. The Kier molecular flexibility index (Phi) is 25.8. The van der Waals surface area contributed by atoms with Crippen LogP contribution >= 0.6 is 0 Å². The van der Waals surface area contributed by atoms with E-state index in [0.717, 1.165) is 38.5 Å². The second-order valence-corrected chi connectivity index (χ2v) is 13.7. The van der Waals surface area contributed by atoms with Gasteiger partial charge in [-0.25, -0.2) is 0 Å². The van der Waals surface area contributed by atoms with Gasteiger partial charge in [0.25, 0.3) is 0 Å². The highest BCUT2D eigenvalue weighted by molar-refractivity contribution is 5.79. The van der Waals surface area contributed by atoms with Gasteiger partial charge in [0.2, 0.25) is 0 Å². The zero-order valence-electron chi connectivity index (χ0n) is 29.6. The molecular weight excluding hydrogens is 600 g/mol. The van der Waals surface area contributed by atoms with Crippen LogP contribution in [0.1, 0.15) is 162 Å². The van der Waals surface area contributed by atoms with E-state index in [1.807, 2.05) is 0 Å². The van der Waals surface area contributed by atoms with Crippen LogP contribution in [0.4, 0.5) is 0 Å². The molecule has 0 heterocycles. The van der Waals surface area contributed by atoms with E-state index in [9.17, 15) is 34.8 Å². The maximum Gasteiger partial charge on any atom is 0.305 e. The standard InChI is InChI=1S/C38H68O9/c1-3-5-7-8-9-10-11-12-13-14-15-17-22-37(44)46-28-32(41)29-47-38(45)23-19-18-21-31(40)26-34-33(35(42)27-36(34)43)25-24-30(39)20-16-6-4-2/h24-25,30,32-36,39,41-43H,3-23,26-29H2,1-2H3/b25-24+/t30-,32-,33+,34+,35+,36-/m0/s1. The summed E-state index contributed by atoms with van der Waals surface area (Å²) < 4.78 is 10.2. The first kappa shape index (κ1) is 43.2. The maximum atomic E-state index is 12.6. The van der Waals surface area contributed by atoms with Crippen molar-refractivity contribution in [2.24, 2.45) is 11.8 Å². The minimum absolute atomic E-state index is 0.0425. The summed E-state index contributed by atoms with van der Waals surface area (Å²) >= 11 is 0. The lowest BCUT2D eigenvalue weighted by atomic mass is 9.87. The molecule has 0 amide bonds. The van der Waals surface area contributed by atoms with Gasteiger partial charge >= 0.3 is 11.9 Å². The van der Waals surface area contributed by atoms with E-state index in [0.29, 0.717) is 25.7 Å². The Hall–Kier alpha value is -1.81. The van der Waals surface area contributed by atoms with E-state index >= 15 is 0 Å². The molecule has 0 aromatic rings. The van der Waals surface area contributed by atoms with Crippen LogP contribution < -0.4 is 0 Å². The summed E-state index contributed by atoms with van der Waals surface area (Å²) in [6, 6.07) is 0. The predicted octanol–water partition coefficient (Wildman–Crippen LogP) is 6.90. The van der Waals surface area contributed by atoms with Crippen molar-refractivity contribution in [1.29, 1.82) is 0 Å². The van der Waals surface area contributed by atoms with Crippen LogP contribution in [0.3, 0.4) is 0 Å². The minimum Gasteiger partial charge on any atom is -0.463 e. The highest BCUT2D eigenvalue weighted by Crippen LogP contribution is 2.36. The lowest BCUT2D eigenvalue weighted by Gasteiger charge is -2.20. The van der Waals surface area contributed by atoms with E-state index in [-0.39, 0.29) is 56.6 Å². The van der Waals surface area contributed by atoms with Gasteiger partial charge in [0, 0.05) is 43.9 Å². The van der Waals surface area contributed by atoms with Crippen molar-refractivity contribution >= 4 is 17.7 Å². The van der Waals surface area contributed by atoms with Crippen LogP contribution in [0.25, 0.3) is 0 Å². The summed E-state index contributed by atoms with van der Waals surface area (Å²) in [5, 5.41) is 41.0. The van der Waals surface area contributed by atoms with Gasteiger partial charge < -0.3 is 29.9 Å². The lowest BCUT2D eigenvalue weighted by Crippen LogP contribution is -2.25. The van der Waals surface area contributed by atoms with E-state index in [4.69, 9.17) is 9.47 Å². The number of unbranched alkanes of at least 4 members (excludes halogenated alkanes) is 14. The van der Waals surface area contributed by atoms with Crippen molar-refractivity contribution in [2.75, 3.05) is 13.2 Å². The summed E-state index contributed by atoms with van der Waals surface area (Å²) in [7, 11) is 0. The van der Waals surface area contributed by atoms with Crippen molar-refractivity contribution in [3.05, 3.63) is 12.2 Å². The van der Waals surface area contributed by atoms with E-state index < -0.39 is 36.3 Å². The smallest absolute Gasteiger partial charge is 0.305 e. The first-order valence-corrected chi connectivity index (χ1v) is 18.9. The number of Topliss-reactive ketones (excluding diaryl/α,β-unsaturated/α-hetero) is 1. The average Bonchev–Trinajstić information content (AvgIpc) is 3.31. The Labute approximate surface area is 284 Å². The molecular formula is C38H68O9. The van der Waals surface area contributed by atoms with Crippen LogP contribution in [0.2, 0.25) is 0 Å². The fourth-order valence-corrected chi connectivity index (χ4v) is 6.26. The Morgan fingerprint density at radius 3 is 1.68 bits per heavy atom. The molecule has 1 fully saturated rings. The second-order valence-electron chi connectivity index (χ2n) is 13.7. The van der Waals surface area contributed by atoms with Gasteiger partial charge in [-0.1, -0.05) is 116 Å². The van der Waals surface area contributed by atoms with E-state index in [1.165, 1.54) is 57.8 Å². The van der Waals surface area contributed by atoms with Gasteiger partial charge in [0.1, 0.15) is 25.1 Å². The molecule has 0 radical (unpaired) electrons. The molecule has 6 atom stereocenters. The molecule has 0 saturated heterocycles. The van der Waals surface area contributed by atoms with Crippen LogP contribution in [0.5, 0.6) is 0 Å². The third kappa shape index (κ3) is 22.5. The van der Waals surface area contributed by atoms with Crippen LogP contribution in [0, 0.1) is 11.8 Å². The predicted molar refractivity (Wildman–Crippen MR) is 185 cm³/mol. The molecule has 4 N–H and O–H groups in total. The largest absolute Gasteiger partial charge is 0.463 e. The number of aliphatic hydroxyl groups excluding tert-OH is 4. The van der Waals surface area contributed by atoms with Crippen molar-refractivity contribution in [3.8, 4) is 0 Å². The summed E-state index contributed by atoms with van der Waals surface area (Å²) in [5.74, 6) is -1.67. The molecule has 0 unspecified atom stereocenters. The molecule has 274 valence electrons. The van der Waals surface area contributed by atoms with Crippen LogP contribution in [-0.2, 0) is 23.9 Å². The van der Waals surface area contributed by atoms with Crippen molar-refractivity contribution in [3.63, 3.8) is 0 Å². The molecule has 9 nitrogen and oxygen atoms in total. The Balaban J connectivity index is 2.10. The SMILES string of the molecule is CCCCCCCCCCCCCCC(=O)OC[C@H](O)COC(=O)CCCCC(=O)C[C@@H]1[C@@H](/C=C/[C@@H](O)CCCCC)[C@H](O)C[C@@H]1O. The number of hydrogen-bond donors (Lipinski definition) is 4. The third-order valence-corrected chi connectivity index (χ3v) is 9.23. The monoisotopic (exact) mass is 668 g/mol. The molecule has 0 aromatic carbocycles. The Morgan fingerprint density at radius 1 is 0.660 bits per heavy atom. The molecule has 47 heavy (non-hydrogen) atoms. The number of aliphatic hydroxyl groups is 4. The molecule has 0 aromatic heterocycles. The third-order valence-electron chi connectivity index (χ3n) is 9.23. The van der Waals surface area contributed by atoms with Crippen LogP contribution in [-0.4, -0.2) is 75.8 Å². The lowest BCUT2D eigenvalue weighted by molar-refractivity contribution is -0.152. The number of carbonyl (C=O) groups is 3. The fraction of sp³-hybridized carbons (Fsp3) is 0.868. The average molecular weight is 669 g/mol. The zero-order valence-corrected chi connectivity index (χ0v) is 29.6. The van der Waals surface area contributed by atoms with E-state index in [1.54, 1.807) is 12.2 Å². The molecule has 0 aliphatic heterocycles. The first-order valence-electron chi connectivity index (χ1n) is 18.9. The zero-order chi connectivity index (χ0) is 34.7. The summed E-state index contributed by atoms with van der Waals surface area (Å²) in [6.45, 7) is 3.86. The number of carbonyl (C=O) groups excluding carboxylic acids is 3. The highest BCUT2D eigenvalue weighted by Gasteiger charge is 2.41. The molecule has 1 aliphatic carbocycles. The van der Waals surface area contributed by atoms with Gasteiger partial charge in [0.15, 0.2) is 0 Å². The molecule has 0 bridgehead atoms. The van der Waals surface area contributed by atoms with Crippen molar-refractivity contribution in [1.82, 2.24) is 0 Å².